The molecule has 1 atom stereocenters. The van der Waals surface area contributed by atoms with Crippen LogP contribution in [0.4, 0.5) is 0 Å². The third-order valence-corrected chi connectivity index (χ3v) is 8.19. The van der Waals surface area contributed by atoms with Gasteiger partial charge in [0.25, 0.3) is 0 Å². The van der Waals surface area contributed by atoms with E-state index in [1.807, 2.05) is 12.1 Å². The molecule has 0 spiro atoms. The van der Waals surface area contributed by atoms with Crippen LogP contribution in [0.2, 0.25) is 0 Å². The van der Waals surface area contributed by atoms with Crippen LogP contribution in [0.3, 0.4) is 0 Å². The van der Waals surface area contributed by atoms with Gasteiger partial charge in [0, 0.05) is 0 Å². The second-order valence-electron chi connectivity index (χ2n) is 11.0. The second-order valence-corrected chi connectivity index (χ2v) is 13.0. The first-order valence-electron chi connectivity index (χ1n) is 12.3. The largest absolute Gasteiger partial charge is 0.481 e. The van der Waals surface area contributed by atoms with Gasteiger partial charge in [-0.3, -0.25) is 14.4 Å². The molecule has 0 amide bonds. The molecule has 0 aliphatic rings. The van der Waals surface area contributed by atoms with Crippen molar-refractivity contribution < 1.29 is 37.4 Å². The minimum atomic E-state index is -3.66. The lowest BCUT2D eigenvalue weighted by Gasteiger charge is -2.30. The Balaban J connectivity index is 2.97. The number of hydrogen-bond acceptors (Lipinski definition) is 7. The van der Waals surface area contributed by atoms with Crippen molar-refractivity contribution in [1.29, 1.82) is 0 Å². The summed E-state index contributed by atoms with van der Waals surface area (Å²) >= 11 is 0. The van der Waals surface area contributed by atoms with Crippen LogP contribution < -0.4 is 0 Å². The topological polar surface area (TPSA) is 124 Å². The van der Waals surface area contributed by atoms with Gasteiger partial charge in [0.2, 0.25) is 0 Å². The minimum absolute atomic E-state index is 0.118. The molecule has 0 radical (unpaired) electrons. The minimum Gasteiger partial charge on any atom is -0.481 e. The fourth-order valence-electron chi connectivity index (χ4n) is 4.33. The van der Waals surface area contributed by atoms with Gasteiger partial charge in [0.05, 0.1) is 29.8 Å². The van der Waals surface area contributed by atoms with Crippen LogP contribution in [0.5, 0.6) is 0 Å². The summed E-state index contributed by atoms with van der Waals surface area (Å²) < 4.78 is 34.8. The van der Waals surface area contributed by atoms with Crippen molar-refractivity contribution >= 4 is 27.7 Å². The van der Waals surface area contributed by atoms with Crippen molar-refractivity contribution in [1.82, 2.24) is 0 Å². The molecular formula is C27H42O8S. The van der Waals surface area contributed by atoms with Gasteiger partial charge in [-0.05, 0) is 70.4 Å². The lowest BCUT2D eigenvalue weighted by Crippen LogP contribution is -2.34. The molecular weight excluding hydrogens is 484 g/mol. The van der Waals surface area contributed by atoms with E-state index in [1.165, 1.54) is 0 Å². The summed E-state index contributed by atoms with van der Waals surface area (Å²) in [6.45, 7) is 12.6. The van der Waals surface area contributed by atoms with E-state index >= 15 is 0 Å². The number of hydrogen-bond donors (Lipinski definition) is 1. The van der Waals surface area contributed by atoms with Crippen molar-refractivity contribution in [2.24, 2.45) is 10.8 Å². The zero-order valence-electron chi connectivity index (χ0n) is 22.7. The molecule has 0 aromatic heterocycles. The summed E-state index contributed by atoms with van der Waals surface area (Å²) in [5.41, 5.74) is -1.13. The molecule has 0 saturated carbocycles. The van der Waals surface area contributed by atoms with Crippen LogP contribution in [0.15, 0.2) is 24.3 Å². The molecule has 1 rings (SSSR count). The highest BCUT2D eigenvalue weighted by atomic mass is 32.2. The van der Waals surface area contributed by atoms with Crippen molar-refractivity contribution in [2.45, 2.75) is 79.6 Å². The molecule has 1 unspecified atom stereocenters. The Morgan fingerprint density at radius 2 is 1.56 bits per heavy atom. The Kier molecular flexibility index (Phi) is 11.2. The van der Waals surface area contributed by atoms with Crippen molar-refractivity contribution in [3.63, 3.8) is 0 Å². The fraction of sp³-hybridized carbons (Fsp3) is 0.667. The number of ether oxygens (including phenoxy) is 2. The molecule has 0 aliphatic heterocycles. The Hall–Kier alpha value is -2.42. The van der Waals surface area contributed by atoms with E-state index in [0.29, 0.717) is 37.9 Å². The Labute approximate surface area is 215 Å². The average molecular weight is 527 g/mol. The van der Waals surface area contributed by atoms with E-state index in [-0.39, 0.29) is 18.3 Å². The molecule has 36 heavy (non-hydrogen) atoms. The highest BCUT2D eigenvalue weighted by Crippen LogP contribution is 2.35. The van der Waals surface area contributed by atoms with E-state index < -0.39 is 43.8 Å². The molecule has 8 nitrogen and oxygen atoms in total. The van der Waals surface area contributed by atoms with E-state index in [1.54, 1.807) is 60.6 Å². The quantitative estimate of drug-likeness (QED) is 0.335. The lowest BCUT2D eigenvalue weighted by atomic mass is 9.75. The monoisotopic (exact) mass is 526 g/mol. The Morgan fingerprint density at radius 3 is 2.11 bits per heavy atom. The summed E-state index contributed by atoms with van der Waals surface area (Å²) in [5, 5.41) is 10.1. The lowest BCUT2D eigenvalue weighted by molar-refractivity contribution is -0.153. The normalized spacial score (nSPS) is 14.1. The molecule has 9 heteroatoms. The molecule has 204 valence electrons. The van der Waals surface area contributed by atoms with Gasteiger partial charge in [-0.25, -0.2) is 8.42 Å². The van der Waals surface area contributed by atoms with Crippen molar-refractivity contribution in [3.8, 4) is 0 Å². The molecule has 0 saturated heterocycles. The highest BCUT2D eigenvalue weighted by Gasteiger charge is 2.37. The second kappa shape index (κ2) is 12.7. The van der Waals surface area contributed by atoms with Crippen LogP contribution >= 0.6 is 0 Å². The number of rotatable bonds is 15. The van der Waals surface area contributed by atoms with Gasteiger partial charge >= 0.3 is 17.9 Å². The standard InChI is InChI=1S/C27H42O8S/c1-8-34-22(28)18-36(32,33)19-25(3,4)14-11-15-27(7,23(29)30)21-13-10-12-20(16-21)17-26(5,6)24(31)35-9-2/h10,12-13,16H,8-9,11,14-15,17-19H2,1-7H3,(H,29,30). The molecule has 0 fully saturated rings. The number of carbonyl (C=O) groups excluding carboxylic acids is 2. The summed E-state index contributed by atoms with van der Waals surface area (Å²) in [4.78, 5) is 36.3. The molecule has 1 aromatic rings. The Morgan fingerprint density at radius 1 is 0.944 bits per heavy atom. The third kappa shape index (κ3) is 9.56. The van der Waals surface area contributed by atoms with Gasteiger partial charge in [0.15, 0.2) is 9.84 Å². The molecule has 0 heterocycles. The first-order valence-corrected chi connectivity index (χ1v) is 14.2. The zero-order valence-corrected chi connectivity index (χ0v) is 23.5. The van der Waals surface area contributed by atoms with Crippen LogP contribution in [-0.4, -0.2) is 56.2 Å². The Bertz CT molecular complexity index is 1030. The van der Waals surface area contributed by atoms with Gasteiger partial charge in [-0.15, -0.1) is 0 Å². The van der Waals surface area contributed by atoms with Gasteiger partial charge in [0.1, 0.15) is 5.75 Å². The van der Waals surface area contributed by atoms with Gasteiger partial charge in [-0.1, -0.05) is 44.5 Å². The zero-order chi connectivity index (χ0) is 27.8. The molecule has 1 aromatic carbocycles. The number of carbonyl (C=O) groups is 3. The van der Waals surface area contributed by atoms with E-state index in [2.05, 4.69) is 0 Å². The predicted octanol–water partition coefficient (Wildman–Crippen LogP) is 4.34. The van der Waals surface area contributed by atoms with E-state index in [9.17, 15) is 27.9 Å². The van der Waals surface area contributed by atoms with Crippen LogP contribution in [0.25, 0.3) is 0 Å². The summed E-state index contributed by atoms with van der Waals surface area (Å²) in [6, 6.07) is 7.25. The number of aliphatic carboxylic acids is 1. The SMILES string of the molecule is CCOC(=O)CS(=O)(=O)CC(C)(C)CCCC(C)(C(=O)O)c1cccc(CC(C)(C)C(=O)OCC)c1. The number of carboxylic acids is 1. The highest BCUT2D eigenvalue weighted by molar-refractivity contribution is 7.92. The maximum absolute atomic E-state index is 12.4. The van der Waals surface area contributed by atoms with Gasteiger partial charge < -0.3 is 14.6 Å². The van der Waals surface area contributed by atoms with Crippen molar-refractivity contribution in [3.05, 3.63) is 35.4 Å². The predicted molar refractivity (Wildman–Crippen MR) is 138 cm³/mol. The molecule has 0 bridgehead atoms. The summed E-state index contributed by atoms with van der Waals surface area (Å²) in [7, 11) is -3.66. The number of sulfone groups is 1. The van der Waals surface area contributed by atoms with E-state index in [0.717, 1.165) is 5.56 Å². The van der Waals surface area contributed by atoms with Crippen LogP contribution in [-0.2, 0) is 45.5 Å². The number of carboxylic acid groups (broad SMARTS) is 1. The first-order chi connectivity index (χ1) is 16.5. The molecule has 0 aliphatic carbocycles. The fourth-order valence-corrected chi connectivity index (χ4v) is 6.21. The van der Waals surface area contributed by atoms with Crippen LogP contribution in [0.1, 0.15) is 78.9 Å². The average Bonchev–Trinajstić information content (AvgIpc) is 2.72. The third-order valence-electron chi connectivity index (χ3n) is 6.29. The maximum Gasteiger partial charge on any atom is 0.321 e. The maximum atomic E-state index is 12.4. The smallest absolute Gasteiger partial charge is 0.321 e. The van der Waals surface area contributed by atoms with Gasteiger partial charge in [-0.2, -0.15) is 0 Å². The van der Waals surface area contributed by atoms with Crippen molar-refractivity contribution in [2.75, 3.05) is 24.7 Å². The number of esters is 2. The first kappa shape index (κ1) is 31.6. The van der Waals surface area contributed by atoms with Crippen LogP contribution in [0, 0.1) is 10.8 Å². The summed E-state index contributed by atoms with van der Waals surface area (Å²) in [5.74, 6) is -2.90. The molecule has 1 N–H and O–H groups in total. The number of benzene rings is 1. The summed E-state index contributed by atoms with van der Waals surface area (Å²) in [6.07, 6.45) is 1.64. The van der Waals surface area contributed by atoms with E-state index in [4.69, 9.17) is 9.47 Å².